The molecule has 0 saturated carbocycles. The fourth-order valence-corrected chi connectivity index (χ4v) is 4.71. The van der Waals surface area contributed by atoms with Crippen LogP contribution in [0.25, 0.3) is 22.3 Å². The van der Waals surface area contributed by atoms with Crippen molar-refractivity contribution in [3.8, 4) is 33.8 Å². The van der Waals surface area contributed by atoms with E-state index in [9.17, 15) is 8.42 Å². The molecule has 0 spiro atoms. The van der Waals surface area contributed by atoms with E-state index < -0.39 is 10.1 Å². The Bertz CT molecular complexity index is 1510. The first kappa shape index (κ1) is 31.3. The van der Waals surface area contributed by atoms with E-state index >= 15 is 0 Å². The van der Waals surface area contributed by atoms with Gasteiger partial charge in [0, 0.05) is 10.5 Å². The first-order valence-corrected chi connectivity index (χ1v) is 14.9. The van der Waals surface area contributed by atoms with E-state index in [0.717, 1.165) is 44.2 Å². The van der Waals surface area contributed by atoms with Crippen molar-refractivity contribution in [1.29, 1.82) is 0 Å². The summed E-state index contributed by atoms with van der Waals surface area (Å²) in [7, 11) is -4.02. The fraction of sp³-hybridized carbons (Fsp3) is 0.273. The number of aryl methyl sites for hydroxylation is 1. The van der Waals surface area contributed by atoms with Crippen LogP contribution in [0.1, 0.15) is 47.1 Å². The zero-order valence-electron chi connectivity index (χ0n) is 24.1. The van der Waals surface area contributed by atoms with Crippen LogP contribution < -0.4 is 9.47 Å². The van der Waals surface area contributed by atoms with Gasteiger partial charge in [-0.05, 0) is 108 Å². The normalized spacial score (nSPS) is 11.8. The quantitative estimate of drug-likeness (QED) is 0.183. The maximum absolute atomic E-state index is 10.5. The van der Waals surface area contributed by atoms with Gasteiger partial charge in [0.15, 0.2) is 0 Å². The summed E-state index contributed by atoms with van der Waals surface area (Å²) in [4.78, 5) is 0.880. The van der Waals surface area contributed by atoms with E-state index in [1.54, 1.807) is 12.1 Å². The molecule has 0 bridgehead atoms. The smallest absolute Gasteiger partial charge is 0.294 e. The monoisotopic (exact) mass is 578 g/mol. The Morgan fingerprint density at radius 2 is 1.10 bits per heavy atom. The maximum atomic E-state index is 10.5. The summed E-state index contributed by atoms with van der Waals surface area (Å²) < 4.78 is 41.5. The van der Waals surface area contributed by atoms with Gasteiger partial charge < -0.3 is 9.47 Å². The summed E-state index contributed by atoms with van der Waals surface area (Å²) in [5.41, 5.74) is 5.03. The highest BCUT2D eigenvalue weighted by Crippen LogP contribution is 2.38. The fourth-order valence-electron chi connectivity index (χ4n) is 3.89. The van der Waals surface area contributed by atoms with Crippen LogP contribution in [0.5, 0.6) is 11.5 Å². The molecule has 4 aromatic carbocycles. The molecule has 0 aliphatic rings. The van der Waals surface area contributed by atoms with Crippen molar-refractivity contribution in [3.05, 3.63) is 96.6 Å². The standard InChI is InChI=1S/C26H30O2S.C7H8O3S/c1-25(2,3)27-20-14-10-18(11-15-20)22-8-7-9-23(29)24(22)19-12-16-21(17-13-19)28-26(4,5)6;1-6-2-4-7(5-3-6)11(8,9)10/h7-17,29H,1-6H3;2-5H,1H3,(H,8,9,10). The van der Waals surface area contributed by atoms with Gasteiger partial charge in [-0.1, -0.05) is 54.1 Å². The molecule has 212 valence electrons. The average Bonchev–Trinajstić information content (AvgIpc) is 2.83. The number of hydrogen-bond acceptors (Lipinski definition) is 5. The summed E-state index contributed by atoms with van der Waals surface area (Å²) >= 11 is 4.74. The lowest BCUT2D eigenvalue weighted by Gasteiger charge is -2.22. The minimum Gasteiger partial charge on any atom is -0.488 e. The second kappa shape index (κ2) is 12.5. The van der Waals surface area contributed by atoms with Crippen LogP contribution in [0, 0.1) is 6.92 Å². The third-order valence-electron chi connectivity index (χ3n) is 5.52. The van der Waals surface area contributed by atoms with Crippen LogP contribution in [0.3, 0.4) is 0 Å². The average molecular weight is 579 g/mol. The molecule has 1 N–H and O–H groups in total. The highest BCUT2D eigenvalue weighted by atomic mass is 32.2. The largest absolute Gasteiger partial charge is 0.488 e. The van der Waals surface area contributed by atoms with Crippen molar-refractivity contribution in [2.45, 2.75) is 69.5 Å². The lowest BCUT2D eigenvalue weighted by atomic mass is 9.94. The summed E-state index contributed by atoms with van der Waals surface area (Å²) in [6, 6.07) is 28.7. The zero-order chi connectivity index (χ0) is 29.7. The molecule has 0 aliphatic carbocycles. The summed E-state index contributed by atoms with van der Waals surface area (Å²) in [6.07, 6.45) is 0. The minimum atomic E-state index is -4.02. The van der Waals surface area contributed by atoms with Gasteiger partial charge in [-0.15, -0.1) is 12.6 Å². The Hall–Kier alpha value is -3.26. The van der Waals surface area contributed by atoms with Gasteiger partial charge in [0.05, 0.1) is 4.90 Å². The van der Waals surface area contributed by atoms with E-state index in [4.69, 9.17) is 26.7 Å². The third kappa shape index (κ3) is 9.44. The van der Waals surface area contributed by atoms with E-state index in [2.05, 4.69) is 71.9 Å². The molecule has 4 rings (SSSR count). The molecule has 5 nitrogen and oxygen atoms in total. The van der Waals surface area contributed by atoms with Crippen LogP contribution in [-0.2, 0) is 10.1 Å². The molecule has 0 fully saturated rings. The molecule has 4 aromatic rings. The van der Waals surface area contributed by atoms with Gasteiger partial charge >= 0.3 is 0 Å². The molecule has 0 atom stereocenters. The van der Waals surface area contributed by atoms with Gasteiger partial charge in [0.1, 0.15) is 22.7 Å². The van der Waals surface area contributed by atoms with Gasteiger partial charge in [-0.2, -0.15) is 8.42 Å². The van der Waals surface area contributed by atoms with Crippen molar-refractivity contribution in [3.63, 3.8) is 0 Å². The molecule has 0 heterocycles. The minimum absolute atomic E-state index is 0.0666. The SMILES string of the molecule is CC(C)(C)Oc1ccc(-c2cccc(S)c2-c2ccc(OC(C)(C)C)cc2)cc1.Cc1ccc(S(=O)(=O)O)cc1. The predicted molar refractivity (Wildman–Crippen MR) is 166 cm³/mol. The second-order valence-electron chi connectivity index (χ2n) is 11.5. The number of hydrogen-bond donors (Lipinski definition) is 2. The van der Waals surface area contributed by atoms with E-state index in [0.29, 0.717) is 0 Å². The Kier molecular flexibility index (Phi) is 9.77. The molecule has 0 unspecified atom stereocenters. The first-order chi connectivity index (χ1) is 18.5. The second-order valence-corrected chi connectivity index (χ2v) is 13.4. The van der Waals surface area contributed by atoms with Crippen molar-refractivity contribution < 1.29 is 22.4 Å². The van der Waals surface area contributed by atoms with Crippen molar-refractivity contribution in [1.82, 2.24) is 0 Å². The van der Waals surface area contributed by atoms with Gasteiger partial charge in [0.25, 0.3) is 10.1 Å². The molecule has 0 aliphatic heterocycles. The van der Waals surface area contributed by atoms with Crippen LogP contribution in [0.2, 0.25) is 0 Å². The van der Waals surface area contributed by atoms with Gasteiger partial charge in [-0.25, -0.2) is 0 Å². The Balaban J connectivity index is 0.000000336. The van der Waals surface area contributed by atoms with Crippen molar-refractivity contribution in [2.24, 2.45) is 0 Å². The number of thiol groups is 1. The van der Waals surface area contributed by atoms with Crippen molar-refractivity contribution in [2.75, 3.05) is 0 Å². The van der Waals surface area contributed by atoms with E-state index in [1.807, 2.05) is 43.3 Å². The first-order valence-electron chi connectivity index (χ1n) is 13.0. The topological polar surface area (TPSA) is 72.8 Å². The lowest BCUT2D eigenvalue weighted by Crippen LogP contribution is -2.22. The zero-order valence-corrected chi connectivity index (χ0v) is 25.8. The van der Waals surface area contributed by atoms with E-state index in [-0.39, 0.29) is 16.1 Å². The van der Waals surface area contributed by atoms with Crippen LogP contribution >= 0.6 is 12.6 Å². The summed E-state index contributed by atoms with van der Waals surface area (Å²) in [6.45, 7) is 14.1. The lowest BCUT2D eigenvalue weighted by molar-refractivity contribution is 0.130. The highest BCUT2D eigenvalue weighted by molar-refractivity contribution is 7.85. The molecule has 0 saturated heterocycles. The Labute approximate surface area is 244 Å². The molecule has 0 aromatic heterocycles. The van der Waals surface area contributed by atoms with Crippen LogP contribution in [0.15, 0.2) is 101 Å². The van der Waals surface area contributed by atoms with Crippen LogP contribution in [-0.4, -0.2) is 24.2 Å². The Morgan fingerprint density at radius 3 is 1.52 bits per heavy atom. The summed E-state index contributed by atoms with van der Waals surface area (Å²) in [5.74, 6) is 1.73. The predicted octanol–water partition coefficient (Wildman–Crippen LogP) is 8.91. The number of rotatable bonds is 5. The summed E-state index contributed by atoms with van der Waals surface area (Å²) in [5, 5.41) is 0. The number of ether oxygens (including phenoxy) is 2. The molecule has 7 heteroatoms. The highest BCUT2D eigenvalue weighted by Gasteiger charge is 2.15. The third-order valence-corrected chi connectivity index (χ3v) is 6.76. The maximum Gasteiger partial charge on any atom is 0.294 e. The van der Waals surface area contributed by atoms with Crippen LogP contribution in [0.4, 0.5) is 0 Å². The van der Waals surface area contributed by atoms with Crippen molar-refractivity contribution >= 4 is 22.7 Å². The molecule has 40 heavy (non-hydrogen) atoms. The van der Waals surface area contributed by atoms with Gasteiger partial charge in [-0.3, -0.25) is 4.55 Å². The number of benzene rings is 4. The van der Waals surface area contributed by atoms with Gasteiger partial charge in [0.2, 0.25) is 0 Å². The Morgan fingerprint density at radius 1 is 0.650 bits per heavy atom. The van der Waals surface area contributed by atoms with E-state index in [1.165, 1.54) is 12.1 Å². The molecule has 0 radical (unpaired) electrons. The molecular formula is C33H38O5S2. The molecular weight excluding hydrogens is 540 g/mol. The molecule has 0 amide bonds.